The van der Waals surface area contributed by atoms with Gasteiger partial charge in [-0.1, -0.05) is 18.1 Å². The Kier molecular flexibility index (Phi) is 6.07. The van der Waals surface area contributed by atoms with Gasteiger partial charge in [0.1, 0.15) is 11.1 Å². The molecule has 3 nitrogen and oxygen atoms in total. The maximum atomic E-state index is 12.5. The molecule has 1 aliphatic rings. The van der Waals surface area contributed by atoms with E-state index in [0.717, 1.165) is 42.6 Å². The third-order valence-corrected chi connectivity index (χ3v) is 8.10. The van der Waals surface area contributed by atoms with E-state index in [2.05, 4.69) is 60.5 Å². The van der Waals surface area contributed by atoms with E-state index in [-0.39, 0.29) is 23.0 Å². The van der Waals surface area contributed by atoms with Crippen LogP contribution in [-0.4, -0.2) is 18.2 Å². The van der Waals surface area contributed by atoms with E-state index in [4.69, 9.17) is 9.47 Å². The minimum atomic E-state index is -0.621. The first kappa shape index (κ1) is 21.5. The fraction of sp³-hybridized carbons (Fsp3) is 0.370. The normalized spacial score (nSPS) is 15.4. The summed E-state index contributed by atoms with van der Waals surface area (Å²) in [7, 11) is -0.0731. The lowest BCUT2D eigenvalue weighted by atomic mass is 10.0. The molecule has 1 aliphatic carbocycles. The number of thiophene rings is 1. The van der Waals surface area contributed by atoms with Gasteiger partial charge in [-0.15, -0.1) is 5.92 Å². The number of aryl methyl sites for hydroxylation is 3. The molecule has 3 aromatic rings. The predicted octanol–water partition coefficient (Wildman–Crippen LogP) is 6.76. The second-order valence-corrected chi connectivity index (χ2v) is 10.2. The Morgan fingerprint density at radius 3 is 2.42 bits per heavy atom. The predicted molar refractivity (Wildman–Crippen MR) is 128 cm³/mol. The molecule has 1 fully saturated rings. The van der Waals surface area contributed by atoms with Crippen LogP contribution < -0.4 is 4.74 Å². The Hall–Kier alpha value is -2.77. The highest BCUT2D eigenvalue weighted by atomic mass is 32.2. The summed E-state index contributed by atoms with van der Waals surface area (Å²) in [5.41, 5.74) is 2.78. The number of carbonyl (C=O) groups excluding carboxylic acids is 1. The number of rotatable bonds is 5. The second-order valence-electron chi connectivity index (χ2n) is 8.36. The molecule has 0 saturated heterocycles. The largest absolute Gasteiger partial charge is 0.481 e. The third kappa shape index (κ3) is 4.34. The highest BCUT2D eigenvalue weighted by molar-refractivity contribution is 7.43. The summed E-state index contributed by atoms with van der Waals surface area (Å²) < 4.78 is 13.1. The van der Waals surface area contributed by atoms with E-state index in [1.807, 2.05) is 13.8 Å². The maximum absolute atomic E-state index is 12.5. The number of benzene rings is 2. The quantitative estimate of drug-likeness (QED) is 0.253. The SMILES string of the molecule is CC#CC1(OC(=O)COc2c(C)cc(-[s+]3cc(C)c4ccccc43)cc2C)CCCC1. The highest BCUT2D eigenvalue weighted by Crippen LogP contribution is 2.44. The molecule has 1 aromatic heterocycles. The van der Waals surface area contributed by atoms with Crippen LogP contribution in [0, 0.1) is 32.6 Å². The van der Waals surface area contributed by atoms with Gasteiger partial charge in [-0.05, 0) is 76.6 Å². The molecule has 2 aromatic carbocycles. The molecule has 0 radical (unpaired) electrons. The monoisotopic (exact) mass is 433 g/mol. The summed E-state index contributed by atoms with van der Waals surface area (Å²) in [5, 5.41) is 3.69. The van der Waals surface area contributed by atoms with Crippen LogP contribution in [0.1, 0.15) is 49.3 Å². The molecular weight excluding hydrogens is 404 g/mol. The van der Waals surface area contributed by atoms with Gasteiger partial charge in [-0.25, -0.2) is 4.79 Å². The Labute approximate surface area is 187 Å². The zero-order valence-corrected chi connectivity index (χ0v) is 19.5. The van der Waals surface area contributed by atoms with Crippen LogP contribution in [0.2, 0.25) is 0 Å². The number of hydrogen-bond donors (Lipinski definition) is 0. The smallest absolute Gasteiger partial charge is 0.345 e. The van der Waals surface area contributed by atoms with E-state index in [1.165, 1.54) is 20.5 Å². The Morgan fingerprint density at radius 2 is 1.74 bits per heavy atom. The molecule has 1 atom stereocenters. The first-order valence-electron chi connectivity index (χ1n) is 10.8. The van der Waals surface area contributed by atoms with Crippen LogP contribution in [0.15, 0.2) is 41.8 Å². The van der Waals surface area contributed by atoms with E-state index < -0.39 is 5.60 Å². The summed E-state index contributed by atoms with van der Waals surface area (Å²) in [6.45, 7) is 7.95. The lowest BCUT2D eigenvalue weighted by Gasteiger charge is -2.23. The fourth-order valence-electron chi connectivity index (χ4n) is 4.55. The zero-order chi connectivity index (χ0) is 22.0. The molecule has 0 N–H and O–H groups in total. The number of hydrogen-bond acceptors (Lipinski definition) is 3. The summed E-state index contributed by atoms with van der Waals surface area (Å²) in [4.78, 5) is 13.8. The highest BCUT2D eigenvalue weighted by Gasteiger charge is 2.36. The standard InChI is InChI=1S/C27H29O3S/c1-5-12-27(13-8-9-14-27)30-25(28)17-29-26-19(2)15-22(16-20(26)3)31-18-21(4)23-10-6-7-11-24(23)31/h6-7,10-11,15-16,18H,8-9,13-14,17H2,1-4H3/q+1. The summed E-state index contributed by atoms with van der Waals surface area (Å²) in [6, 6.07) is 13.0. The van der Waals surface area contributed by atoms with Crippen LogP contribution in [0.25, 0.3) is 15.0 Å². The number of esters is 1. The van der Waals surface area contributed by atoms with Crippen LogP contribution in [0.5, 0.6) is 5.75 Å². The molecule has 4 rings (SSSR count). The minimum Gasteiger partial charge on any atom is -0.481 e. The van der Waals surface area contributed by atoms with Gasteiger partial charge in [0.25, 0.3) is 0 Å². The molecule has 160 valence electrons. The first-order chi connectivity index (χ1) is 14.9. The topological polar surface area (TPSA) is 35.5 Å². The van der Waals surface area contributed by atoms with Crippen molar-refractivity contribution in [3.63, 3.8) is 0 Å². The van der Waals surface area contributed by atoms with Crippen molar-refractivity contribution in [1.82, 2.24) is 0 Å². The molecule has 1 saturated carbocycles. The van der Waals surface area contributed by atoms with Gasteiger partial charge >= 0.3 is 5.97 Å². The van der Waals surface area contributed by atoms with Crippen molar-refractivity contribution in [1.29, 1.82) is 0 Å². The fourth-order valence-corrected chi connectivity index (χ4v) is 6.85. The first-order valence-corrected chi connectivity index (χ1v) is 12.1. The van der Waals surface area contributed by atoms with Crippen LogP contribution in [0.3, 0.4) is 0 Å². The Morgan fingerprint density at radius 1 is 1.06 bits per heavy atom. The van der Waals surface area contributed by atoms with Gasteiger partial charge in [0, 0.05) is 33.6 Å². The molecule has 4 heteroatoms. The average Bonchev–Trinajstić information content (AvgIpc) is 3.32. The second kappa shape index (κ2) is 8.77. The van der Waals surface area contributed by atoms with Crippen molar-refractivity contribution >= 4 is 26.5 Å². The van der Waals surface area contributed by atoms with Crippen LogP contribution in [0.4, 0.5) is 0 Å². The molecule has 0 spiro atoms. The Balaban J connectivity index is 1.52. The van der Waals surface area contributed by atoms with Gasteiger partial charge < -0.3 is 9.47 Å². The van der Waals surface area contributed by atoms with Crippen molar-refractivity contribution < 1.29 is 14.3 Å². The van der Waals surface area contributed by atoms with Crippen LogP contribution in [-0.2, 0) is 9.53 Å². The molecule has 0 amide bonds. The van der Waals surface area contributed by atoms with Crippen molar-refractivity contribution in [3.05, 3.63) is 58.5 Å². The molecule has 0 aliphatic heterocycles. The van der Waals surface area contributed by atoms with Gasteiger partial charge in [0.15, 0.2) is 21.8 Å². The summed E-state index contributed by atoms with van der Waals surface area (Å²) in [6.07, 6.45) is 3.70. The van der Waals surface area contributed by atoms with Crippen LogP contribution >= 0.6 is 10.5 Å². The van der Waals surface area contributed by atoms with Gasteiger partial charge in [0.05, 0.1) is 0 Å². The van der Waals surface area contributed by atoms with Gasteiger partial charge in [0.2, 0.25) is 0 Å². The van der Waals surface area contributed by atoms with Crippen molar-refractivity contribution in [2.45, 2.75) is 59.0 Å². The number of carbonyl (C=O) groups is 1. The van der Waals surface area contributed by atoms with E-state index in [9.17, 15) is 4.79 Å². The Bertz CT molecular complexity index is 1160. The van der Waals surface area contributed by atoms with Crippen molar-refractivity contribution in [2.24, 2.45) is 0 Å². The number of fused-ring (bicyclic) bond motifs is 1. The minimum absolute atomic E-state index is 0.0731. The van der Waals surface area contributed by atoms with E-state index >= 15 is 0 Å². The van der Waals surface area contributed by atoms with E-state index in [0.29, 0.717) is 0 Å². The molecule has 0 bridgehead atoms. The van der Waals surface area contributed by atoms with E-state index in [1.54, 1.807) is 6.92 Å². The molecule has 1 heterocycles. The maximum Gasteiger partial charge on any atom is 0.345 e. The molecule has 1 unspecified atom stereocenters. The lowest BCUT2D eigenvalue weighted by molar-refractivity contribution is -0.156. The number of ether oxygens (including phenoxy) is 2. The third-order valence-electron chi connectivity index (χ3n) is 5.94. The molecular formula is C27H29O3S+. The van der Waals surface area contributed by atoms with Crippen molar-refractivity contribution in [2.75, 3.05) is 6.61 Å². The summed E-state index contributed by atoms with van der Waals surface area (Å²) >= 11 is 0. The average molecular weight is 434 g/mol. The van der Waals surface area contributed by atoms with Gasteiger partial charge in [-0.2, -0.15) is 0 Å². The molecule has 31 heavy (non-hydrogen) atoms. The zero-order valence-electron chi connectivity index (χ0n) is 18.7. The van der Waals surface area contributed by atoms with Crippen molar-refractivity contribution in [3.8, 4) is 22.5 Å². The lowest BCUT2D eigenvalue weighted by Crippen LogP contribution is -2.32. The summed E-state index contributed by atoms with van der Waals surface area (Å²) in [5.74, 6) is 6.44. The van der Waals surface area contributed by atoms with Gasteiger partial charge in [-0.3, -0.25) is 0 Å².